The Balaban J connectivity index is 1.83. The summed E-state index contributed by atoms with van der Waals surface area (Å²) in [7, 11) is 2.02. The van der Waals surface area contributed by atoms with Gasteiger partial charge >= 0.3 is 12.5 Å². The van der Waals surface area contributed by atoms with E-state index in [0.717, 1.165) is 12.8 Å². The molecule has 0 saturated carbocycles. The van der Waals surface area contributed by atoms with Crippen molar-refractivity contribution in [2.75, 3.05) is 7.05 Å². The third kappa shape index (κ3) is 3.04. The lowest BCUT2D eigenvalue weighted by atomic mass is 9.80. The van der Waals surface area contributed by atoms with Crippen LogP contribution in [0.3, 0.4) is 0 Å². The molecule has 2 unspecified atom stereocenters. The summed E-state index contributed by atoms with van der Waals surface area (Å²) in [6.45, 7) is 0. The van der Waals surface area contributed by atoms with Crippen LogP contribution in [0.4, 0.5) is 17.6 Å². The molecule has 1 aromatic rings. The molecule has 0 spiro atoms. The maximum absolute atomic E-state index is 13.0. The van der Waals surface area contributed by atoms with Crippen LogP contribution in [0.15, 0.2) is 24.3 Å². The molecule has 2 saturated heterocycles. The van der Waals surface area contributed by atoms with Crippen molar-refractivity contribution in [2.24, 2.45) is 0 Å². The topological polar surface area (TPSA) is 32.7 Å². The molecule has 128 valence electrons. The lowest BCUT2D eigenvalue weighted by molar-refractivity contribution is -0.253. The number of benzene rings is 1. The Bertz CT molecular complexity index is 567. The van der Waals surface area contributed by atoms with Crippen LogP contribution in [-0.2, 0) is 5.60 Å². The number of piperidine rings is 1. The molecule has 7 heteroatoms. The predicted octanol–water partition coefficient (Wildman–Crippen LogP) is 3.37. The summed E-state index contributed by atoms with van der Waals surface area (Å²) in [5.41, 5.74) is -0.706. The van der Waals surface area contributed by atoms with Gasteiger partial charge in [0, 0.05) is 12.1 Å². The second-order valence-electron chi connectivity index (χ2n) is 6.48. The molecule has 0 amide bonds. The van der Waals surface area contributed by atoms with Gasteiger partial charge < -0.3 is 14.7 Å². The van der Waals surface area contributed by atoms with Crippen LogP contribution in [0.1, 0.15) is 31.2 Å². The van der Waals surface area contributed by atoms with Crippen LogP contribution < -0.4 is 4.74 Å². The van der Waals surface area contributed by atoms with Gasteiger partial charge in [-0.15, -0.1) is 0 Å². The van der Waals surface area contributed by atoms with Crippen LogP contribution in [0.5, 0.6) is 5.75 Å². The summed E-state index contributed by atoms with van der Waals surface area (Å²) in [6.07, 6.45) is -5.49. The number of nitrogens with zero attached hydrogens (tertiary/aromatic N) is 1. The Kier molecular flexibility index (Phi) is 4.04. The fraction of sp³-hybridized carbons (Fsp3) is 0.625. The first kappa shape index (κ1) is 16.5. The van der Waals surface area contributed by atoms with E-state index in [1.807, 2.05) is 7.05 Å². The number of aliphatic hydroxyl groups is 1. The first-order chi connectivity index (χ1) is 10.7. The van der Waals surface area contributed by atoms with E-state index in [1.54, 1.807) is 6.07 Å². The van der Waals surface area contributed by atoms with E-state index < -0.39 is 18.1 Å². The van der Waals surface area contributed by atoms with Gasteiger partial charge in [0.05, 0.1) is 5.60 Å². The summed E-state index contributed by atoms with van der Waals surface area (Å²) in [5, 5.41) is 11.0. The van der Waals surface area contributed by atoms with Crippen molar-refractivity contribution in [2.45, 2.75) is 55.9 Å². The fourth-order valence-corrected chi connectivity index (χ4v) is 3.73. The van der Waals surface area contributed by atoms with Crippen molar-refractivity contribution in [1.29, 1.82) is 0 Å². The monoisotopic (exact) mass is 333 g/mol. The van der Waals surface area contributed by atoms with Gasteiger partial charge in [-0.05, 0) is 50.4 Å². The molecule has 23 heavy (non-hydrogen) atoms. The van der Waals surface area contributed by atoms with Crippen molar-refractivity contribution in [3.63, 3.8) is 0 Å². The highest BCUT2D eigenvalue weighted by Gasteiger charge is 2.47. The molecule has 3 rings (SSSR count). The number of hydrogen-bond acceptors (Lipinski definition) is 3. The smallest absolute Gasteiger partial charge is 0.428 e. The second kappa shape index (κ2) is 5.63. The lowest BCUT2D eigenvalue weighted by Crippen LogP contribution is -2.47. The molecule has 0 aromatic heterocycles. The van der Waals surface area contributed by atoms with E-state index in [4.69, 9.17) is 0 Å². The number of rotatable bonds is 4. The molecular weight excluding hydrogens is 314 g/mol. The van der Waals surface area contributed by atoms with E-state index in [9.17, 15) is 22.7 Å². The van der Waals surface area contributed by atoms with E-state index >= 15 is 0 Å². The van der Waals surface area contributed by atoms with Gasteiger partial charge in [-0.25, -0.2) is 0 Å². The van der Waals surface area contributed by atoms with E-state index in [-0.39, 0.29) is 17.8 Å². The van der Waals surface area contributed by atoms with Crippen molar-refractivity contribution < 1.29 is 27.4 Å². The largest absolute Gasteiger partial charge is 0.461 e. The van der Waals surface area contributed by atoms with Gasteiger partial charge in [-0.1, -0.05) is 12.1 Å². The Hall–Kier alpha value is -1.34. The zero-order valence-electron chi connectivity index (χ0n) is 12.7. The molecule has 2 atom stereocenters. The third-order valence-corrected chi connectivity index (χ3v) is 5.01. The highest BCUT2D eigenvalue weighted by atomic mass is 19.3. The Labute approximate surface area is 131 Å². The number of alkyl halides is 4. The van der Waals surface area contributed by atoms with Crippen LogP contribution >= 0.6 is 0 Å². The summed E-state index contributed by atoms with van der Waals surface area (Å²) in [4.78, 5) is 2.24. The SMILES string of the molecule is CN1C2CCC1CC(O)(c1cccc(OC(F)(F)C(F)F)c1)C2. The molecule has 1 N–H and O–H groups in total. The van der Waals surface area contributed by atoms with Gasteiger partial charge in [0.25, 0.3) is 0 Å². The molecule has 3 nitrogen and oxygen atoms in total. The molecule has 2 bridgehead atoms. The molecule has 2 aliphatic heterocycles. The maximum atomic E-state index is 13.0. The summed E-state index contributed by atoms with van der Waals surface area (Å²) >= 11 is 0. The summed E-state index contributed by atoms with van der Waals surface area (Å²) in [5.74, 6) is -0.368. The molecule has 2 heterocycles. The standard InChI is InChI=1S/C16H19F4NO2/c1-21-11-5-6-12(21)9-15(22,8-11)10-3-2-4-13(7-10)23-16(19,20)14(17)18/h2-4,7,11-12,14,22H,5-6,8-9H2,1H3. The van der Waals surface area contributed by atoms with Crippen LogP contribution in [-0.4, -0.2) is 41.7 Å². The van der Waals surface area contributed by atoms with Crippen molar-refractivity contribution in [3.8, 4) is 5.75 Å². The van der Waals surface area contributed by atoms with Gasteiger partial charge in [-0.3, -0.25) is 0 Å². The highest BCUT2D eigenvalue weighted by molar-refractivity contribution is 5.34. The van der Waals surface area contributed by atoms with E-state index in [2.05, 4.69) is 9.64 Å². The Morgan fingerprint density at radius 1 is 1.26 bits per heavy atom. The number of hydrogen-bond donors (Lipinski definition) is 1. The van der Waals surface area contributed by atoms with Crippen molar-refractivity contribution >= 4 is 0 Å². The third-order valence-electron chi connectivity index (χ3n) is 5.01. The number of fused-ring (bicyclic) bond motifs is 2. The van der Waals surface area contributed by atoms with E-state index in [1.165, 1.54) is 18.2 Å². The maximum Gasteiger partial charge on any atom is 0.461 e. The van der Waals surface area contributed by atoms with Crippen LogP contribution in [0, 0.1) is 0 Å². The Morgan fingerprint density at radius 2 is 1.87 bits per heavy atom. The van der Waals surface area contributed by atoms with E-state index in [0.29, 0.717) is 18.4 Å². The first-order valence-electron chi connectivity index (χ1n) is 7.61. The molecule has 0 radical (unpaired) electrons. The molecular formula is C16H19F4NO2. The van der Waals surface area contributed by atoms with Crippen LogP contribution in [0.2, 0.25) is 0 Å². The fourth-order valence-electron chi connectivity index (χ4n) is 3.73. The van der Waals surface area contributed by atoms with Gasteiger partial charge in [0.1, 0.15) is 5.75 Å². The summed E-state index contributed by atoms with van der Waals surface area (Å²) < 4.78 is 54.7. The zero-order chi connectivity index (χ0) is 16.8. The number of ether oxygens (including phenoxy) is 1. The summed E-state index contributed by atoms with van der Waals surface area (Å²) in [6, 6.07) is 5.97. The normalized spacial score (nSPS) is 31.6. The molecule has 2 fully saturated rings. The zero-order valence-corrected chi connectivity index (χ0v) is 12.7. The van der Waals surface area contributed by atoms with Crippen molar-refractivity contribution in [3.05, 3.63) is 29.8 Å². The lowest BCUT2D eigenvalue weighted by Gasteiger charge is -2.42. The molecule has 2 aliphatic rings. The minimum Gasteiger partial charge on any atom is -0.428 e. The number of halogens is 4. The minimum atomic E-state index is -4.55. The second-order valence-corrected chi connectivity index (χ2v) is 6.48. The molecule has 1 aromatic carbocycles. The molecule has 0 aliphatic carbocycles. The quantitative estimate of drug-likeness (QED) is 0.858. The van der Waals surface area contributed by atoms with Gasteiger partial charge in [0.2, 0.25) is 0 Å². The van der Waals surface area contributed by atoms with Crippen LogP contribution in [0.25, 0.3) is 0 Å². The predicted molar refractivity (Wildman–Crippen MR) is 75.7 cm³/mol. The van der Waals surface area contributed by atoms with Crippen molar-refractivity contribution in [1.82, 2.24) is 4.90 Å². The highest BCUT2D eigenvalue weighted by Crippen LogP contribution is 2.45. The average Bonchev–Trinajstić information content (AvgIpc) is 2.70. The minimum absolute atomic E-state index is 0.242. The van der Waals surface area contributed by atoms with Gasteiger partial charge in [-0.2, -0.15) is 17.6 Å². The first-order valence-corrected chi connectivity index (χ1v) is 7.61. The Morgan fingerprint density at radius 3 is 2.43 bits per heavy atom. The average molecular weight is 333 g/mol. The van der Waals surface area contributed by atoms with Gasteiger partial charge in [0.15, 0.2) is 0 Å².